The fourth-order valence-corrected chi connectivity index (χ4v) is 2.49. The Morgan fingerprint density at radius 2 is 1.90 bits per heavy atom. The van der Waals surface area contributed by atoms with Gasteiger partial charge in [0.2, 0.25) is 0 Å². The molecule has 20 heavy (non-hydrogen) atoms. The summed E-state index contributed by atoms with van der Waals surface area (Å²) in [7, 11) is -4.04. The molecule has 9 heteroatoms. The van der Waals surface area contributed by atoms with Crippen LogP contribution in [0.5, 0.6) is 0 Å². The van der Waals surface area contributed by atoms with Crippen LogP contribution < -0.4 is 9.44 Å². The molecule has 0 bridgehead atoms. The van der Waals surface area contributed by atoms with E-state index in [1.165, 1.54) is 0 Å². The zero-order valence-electron chi connectivity index (χ0n) is 11.9. The highest BCUT2D eigenvalue weighted by atomic mass is 32.2. The second-order valence-corrected chi connectivity index (χ2v) is 6.27. The number of hydrogen-bond acceptors (Lipinski definition) is 5. The van der Waals surface area contributed by atoms with Crippen LogP contribution in [0.2, 0.25) is 0 Å². The highest BCUT2D eigenvalue weighted by Crippen LogP contribution is 2.14. The van der Waals surface area contributed by atoms with Crippen molar-refractivity contribution in [1.29, 1.82) is 0 Å². The second-order valence-electron chi connectivity index (χ2n) is 4.77. The number of nitrogens with one attached hydrogen (secondary N) is 2. The average molecular weight is 310 g/mol. The van der Waals surface area contributed by atoms with Crippen LogP contribution >= 0.6 is 0 Å². The summed E-state index contributed by atoms with van der Waals surface area (Å²) in [4.78, 5) is 21.7. The van der Waals surface area contributed by atoms with E-state index in [9.17, 15) is 18.0 Å². The monoisotopic (exact) mass is 310 g/mol. The fourth-order valence-electron chi connectivity index (χ4n) is 1.69. The van der Waals surface area contributed by atoms with Crippen LogP contribution in [0.3, 0.4) is 0 Å². The van der Waals surface area contributed by atoms with Crippen LogP contribution in [0, 0.1) is 11.8 Å². The summed E-state index contributed by atoms with van der Waals surface area (Å²) in [5.74, 6) is -1.10. The third kappa shape index (κ3) is 9.56. The van der Waals surface area contributed by atoms with E-state index in [1.54, 1.807) is 11.6 Å². The number of ether oxygens (including phenoxy) is 1. The summed E-state index contributed by atoms with van der Waals surface area (Å²) in [6.07, 6.45) is -0.646. The topological polar surface area (TPSA) is 122 Å². The summed E-state index contributed by atoms with van der Waals surface area (Å²) >= 11 is 0. The van der Waals surface area contributed by atoms with Crippen LogP contribution in [0.4, 0.5) is 4.79 Å². The lowest BCUT2D eigenvalue weighted by molar-refractivity contribution is -0.138. The Bertz CT molecular complexity index is 421. The quantitative estimate of drug-likeness (QED) is 0.576. The predicted octanol–water partition coefficient (Wildman–Crippen LogP) is 0.704. The molecule has 0 rings (SSSR count). The van der Waals surface area contributed by atoms with Gasteiger partial charge in [-0.2, -0.15) is 13.1 Å². The lowest BCUT2D eigenvalue weighted by Crippen LogP contribution is -2.42. The average Bonchev–Trinajstić information content (AvgIpc) is 2.24. The van der Waals surface area contributed by atoms with Gasteiger partial charge in [0, 0.05) is 13.0 Å². The number of carbonyl (C=O) groups is 2. The number of hydrogen-bond donors (Lipinski definition) is 3. The Morgan fingerprint density at radius 3 is 2.35 bits per heavy atom. The third-order valence-electron chi connectivity index (χ3n) is 2.32. The zero-order chi connectivity index (χ0) is 15.8. The van der Waals surface area contributed by atoms with Gasteiger partial charge >= 0.3 is 22.3 Å². The van der Waals surface area contributed by atoms with Gasteiger partial charge in [-0.15, -0.1) is 0 Å². The SMILES string of the molecule is CCOC(=O)NS(=O)(=O)NC[C@H](CC(=O)O)CC(C)C. The summed E-state index contributed by atoms with van der Waals surface area (Å²) in [5, 5.41) is 8.77. The fraction of sp³-hybridized carbons (Fsp3) is 0.818. The number of carboxylic acid groups (broad SMARTS) is 1. The highest BCUT2D eigenvalue weighted by Gasteiger charge is 2.20. The molecule has 1 amide bonds. The van der Waals surface area contributed by atoms with Crippen LogP contribution in [0.25, 0.3) is 0 Å². The van der Waals surface area contributed by atoms with Crippen molar-refractivity contribution in [3.05, 3.63) is 0 Å². The van der Waals surface area contributed by atoms with Gasteiger partial charge in [0.1, 0.15) is 0 Å². The molecule has 0 saturated heterocycles. The molecule has 0 aliphatic rings. The first-order valence-corrected chi connectivity index (χ1v) is 7.80. The molecule has 1 atom stereocenters. The van der Waals surface area contributed by atoms with Crippen molar-refractivity contribution in [2.75, 3.05) is 13.2 Å². The van der Waals surface area contributed by atoms with Gasteiger partial charge in [0.05, 0.1) is 6.61 Å². The first-order chi connectivity index (χ1) is 9.16. The Hall–Kier alpha value is -1.35. The first-order valence-electron chi connectivity index (χ1n) is 6.32. The highest BCUT2D eigenvalue weighted by molar-refractivity contribution is 7.88. The standard InChI is InChI=1S/C11H22N2O6S/c1-4-19-11(16)13-20(17,18)12-7-9(5-8(2)3)6-10(14)15/h8-9,12H,4-7H2,1-3H3,(H,13,16)(H,14,15)/t9-/m0/s1. The van der Waals surface area contributed by atoms with Crippen molar-refractivity contribution >= 4 is 22.3 Å². The molecule has 0 heterocycles. The summed E-state index contributed by atoms with van der Waals surface area (Å²) in [6.45, 7) is 5.38. The first kappa shape index (κ1) is 18.7. The molecule has 0 unspecified atom stereocenters. The van der Waals surface area contributed by atoms with E-state index in [0.717, 1.165) is 0 Å². The summed E-state index contributed by atoms with van der Waals surface area (Å²) in [6, 6.07) is 0. The normalized spacial score (nSPS) is 13.0. The minimum Gasteiger partial charge on any atom is -0.481 e. The van der Waals surface area contributed by atoms with E-state index in [1.807, 2.05) is 13.8 Å². The third-order valence-corrected chi connectivity index (χ3v) is 3.31. The minimum atomic E-state index is -4.04. The van der Waals surface area contributed by atoms with Crippen molar-refractivity contribution in [2.24, 2.45) is 11.8 Å². The van der Waals surface area contributed by atoms with Gasteiger partial charge in [0.15, 0.2) is 0 Å². The van der Waals surface area contributed by atoms with Crippen molar-refractivity contribution in [3.63, 3.8) is 0 Å². The largest absolute Gasteiger partial charge is 0.481 e. The molecule has 0 aromatic carbocycles. The second kappa shape index (κ2) is 8.75. The molecular formula is C11H22N2O6S. The predicted molar refractivity (Wildman–Crippen MR) is 72.3 cm³/mol. The molecule has 0 aliphatic carbocycles. The van der Waals surface area contributed by atoms with Gasteiger partial charge in [-0.3, -0.25) is 4.79 Å². The molecule has 0 spiro atoms. The van der Waals surface area contributed by atoms with Crippen LogP contribution in [-0.4, -0.2) is 38.7 Å². The molecule has 118 valence electrons. The lowest BCUT2D eigenvalue weighted by atomic mass is 9.94. The Labute approximate surface area is 119 Å². The van der Waals surface area contributed by atoms with Gasteiger partial charge < -0.3 is 9.84 Å². The van der Waals surface area contributed by atoms with E-state index >= 15 is 0 Å². The van der Waals surface area contributed by atoms with E-state index in [2.05, 4.69) is 9.46 Å². The maximum absolute atomic E-state index is 11.5. The molecule has 8 nitrogen and oxygen atoms in total. The summed E-state index contributed by atoms with van der Waals surface area (Å²) < 4.78 is 31.3. The van der Waals surface area contributed by atoms with Crippen molar-refractivity contribution in [2.45, 2.75) is 33.6 Å². The zero-order valence-corrected chi connectivity index (χ0v) is 12.7. The Kier molecular flexibility index (Phi) is 8.16. The molecule has 0 fully saturated rings. The molecule has 0 aromatic heterocycles. The molecule has 0 aromatic rings. The van der Waals surface area contributed by atoms with Crippen LogP contribution in [-0.2, 0) is 19.7 Å². The lowest BCUT2D eigenvalue weighted by Gasteiger charge is -2.17. The molecule has 0 radical (unpaired) electrons. The Morgan fingerprint density at radius 1 is 1.30 bits per heavy atom. The van der Waals surface area contributed by atoms with Gasteiger partial charge in [0.25, 0.3) is 0 Å². The maximum Gasteiger partial charge on any atom is 0.421 e. The number of carboxylic acids is 1. The minimum absolute atomic E-state index is 0.0519. The van der Waals surface area contributed by atoms with E-state index in [0.29, 0.717) is 6.42 Å². The van der Waals surface area contributed by atoms with Crippen molar-refractivity contribution < 1.29 is 27.9 Å². The van der Waals surface area contributed by atoms with Crippen LogP contribution in [0.1, 0.15) is 33.6 Å². The number of rotatable bonds is 9. The van der Waals surface area contributed by atoms with Crippen molar-refractivity contribution in [3.8, 4) is 0 Å². The maximum atomic E-state index is 11.5. The number of aliphatic carboxylic acids is 1. The Balaban J connectivity index is 4.44. The van der Waals surface area contributed by atoms with E-state index in [4.69, 9.17) is 5.11 Å². The van der Waals surface area contributed by atoms with Gasteiger partial charge in [-0.25, -0.2) is 9.52 Å². The number of amides is 1. The number of carbonyl (C=O) groups excluding carboxylic acids is 1. The van der Waals surface area contributed by atoms with Gasteiger partial charge in [-0.1, -0.05) is 13.8 Å². The molecule has 3 N–H and O–H groups in total. The smallest absolute Gasteiger partial charge is 0.421 e. The molecular weight excluding hydrogens is 288 g/mol. The van der Waals surface area contributed by atoms with Gasteiger partial charge in [-0.05, 0) is 25.2 Å². The summed E-state index contributed by atoms with van der Waals surface area (Å²) in [5.41, 5.74) is 0. The van der Waals surface area contributed by atoms with E-state index < -0.39 is 22.3 Å². The molecule has 0 aliphatic heterocycles. The van der Waals surface area contributed by atoms with Crippen LogP contribution in [0.15, 0.2) is 0 Å². The van der Waals surface area contributed by atoms with E-state index in [-0.39, 0.29) is 31.4 Å². The molecule has 0 saturated carbocycles. The van der Waals surface area contributed by atoms with Crippen molar-refractivity contribution in [1.82, 2.24) is 9.44 Å².